The maximum Gasteiger partial charge on any atom is 0.337 e. The first-order valence-electron chi connectivity index (χ1n) is 8.13. The molecule has 0 bridgehead atoms. The smallest absolute Gasteiger partial charge is 0.337 e. The lowest BCUT2D eigenvalue weighted by Gasteiger charge is -2.21. The molecule has 0 unspecified atom stereocenters. The number of carbonyl (C=O) groups is 4. The second-order valence-electron chi connectivity index (χ2n) is 5.78. The number of ether oxygens (including phenoxy) is 2. The van der Waals surface area contributed by atoms with Crippen LogP contribution in [0.3, 0.4) is 0 Å². The Hall–Kier alpha value is -3.94. The molecule has 1 saturated heterocycles. The van der Waals surface area contributed by atoms with Gasteiger partial charge in [-0.05, 0) is 36.4 Å². The Labute approximate surface area is 160 Å². The van der Waals surface area contributed by atoms with Crippen molar-refractivity contribution in [2.45, 2.75) is 0 Å². The second-order valence-corrected chi connectivity index (χ2v) is 5.78. The molecule has 0 saturated carbocycles. The molecule has 8 heteroatoms. The Balaban J connectivity index is 2.00. The summed E-state index contributed by atoms with van der Waals surface area (Å²) in [7, 11) is 2.49. The molecule has 1 aliphatic heterocycles. The fraction of sp³-hybridized carbons (Fsp3) is 0.100. The molecule has 3 rings (SSSR count). The molecule has 8 nitrogen and oxygen atoms in total. The van der Waals surface area contributed by atoms with Gasteiger partial charge in [0.05, 0.1) is 36.7 Å². The van der Waals surface area contributed by atoms with Gasteiger partial charge in [0.15, 0.2) is 0 Å². The fourth-order valence-corrected chi connectivity index (χ4v) is 2.84. The summed E-state index contributed by atoms with van der Waals surface area (Å²) in [4.78, 5) is 50.9. The van der Waals surface area contributed by atoms with Gasteiger partial charge >= 0.3 is 23.8 Å². The minimum Gasteiger partial charge on any atom is -0.465 e. The standard InChI is InChI=1S/C20H16N2O6/c1-12-21(15-8-4-6-13(10-15)19(25)27-2)17(23)18(24)22(12)16-9-5-7-14(11-16)20(26)28-3/h4-11H,1H2,2-3H3. The number of anilines is 2. The largest absolute Gasteiger partial charge is 0.465 e. The van der Waals surface area contributed by atoms with E-state index in [1.54, 1.807) is 24.3 Å². The summed E-state index contributed by atoms with van der Waals surface area (Å²) in [6, 6.07) is 12.2. The van der Waals surface area contributed by atoms with Crippen molar-refractivity contribution >= 4 is 35.1 Å². The molecule has 142 valence electrons. The lowest BCUT2D eigenvalue weighted by Crippen LogP contribution is -2.27. The van der Waals surface area contributed by atoms with Crippen LogP contribution in [-0.2, 0) is 19.1 Å². The molecule has 0 N–H and O–H groups in total. The number of hydrogen-bond acceptors (Lipinski definition) is 6. The molecular formula is C20H16N2O6. The van der Waals surface area contributed by atoms with Crippen molar-refractivity contribution < 1.29 is 28.7 Å². The van der Waals surface area contributed by atoms with Gasteiger partial charge in [0, 0.05) is 0 Å². The van der Waals surface area contributed by atoms with Crippen molar-refractivity contribution in [3.05, 3.63) is 72.1 Å². The zero-order chi connectivity index (χ0) is 20.4. The van der Waals surface area contributed by atoms with Crippen LogP contribution < -0.4 is 9.80 Å². The van der Waals surface area contributed by atoms with Crippen molar-refractivity contribution in [3.8, 4) is 0 Å². The minimum absolute atomic E-state index is 0.0685. The highest BCUT2D eigenvalue weighted by Crippen LogP contribution is 2.32. The maximum absolute atomic E-state index is 12.6. The minimum atomic E-state index is -0.838. The zero-order valence-electron chi connectivity index (χ0n) is 15.2. The van der Waals surface area contributed by atoms with Crippen molar-refractivity contribution in [2.75, 3.05) is 24.0 Å². The van der Waals surface area contributed by atoms with Crippen LogP contribution in [0.5, 0.6) is 0 Å². The first-order chi connectivity index (χ1) is 13.4. The Bertz CT molecular complexity index is 934. The van der Waals surface area contributed by atoms with E-state index < -0.39 is 23.8 Å². The lowest BCUT2D eigenvalue weighted by atomic mass is 10.2. The molecule has 2 aromatic rings. The average Bonchev–Trinajstić information content (AvgIpc) is 2.95. The van der Waals surface area contributed by atoms with Crippen LogP contribution in [0.1, 0.15) is 20.7 Å². The number of esters is 2. The van der Waals surface area contributed by atoms with Crippen LogP contribution in [-0.4, -0.2) is 38.0 Å². The zero-order valence-corrected chi connectivity index (χ0v) is 15.2. The molecule has 2 amide bonds. The number of nitrogens with zero attached hydrogens (tertiary/aromatic N) is 2. The summed E-state index contributed by atoms with van der Waals surface area (Å²) < 4.78 is 9.36. The van der Waals surface area contributed by atoms with E-state index in [2.05, 4.69) is 16.1 Å². The summed E-state index contributed by atoms with van der Waals surface area (Å²) in [5, 5.41) is 0. The van der Waals surface area contributed by atoms with Crippen LogP contribution in [0.4, 0.5) is 11.4 Å². The molecule has 0 radical (unpaired) electrons. The monoisotopic (exact) mass is 380 g/mol. The van der Waals surface area contributed by atoms with Gasteiger partial charge in [-0.2, -0.15) is 0 Å². The first kappa shape index (κ1) is 18.8. The topological polar surface area (TPSA) is 93.2 Å². The van der Waals surface area contributed by atoms with Crippen LogP contribution in [0.15, 0.2) is 60.9 Å². The predicted octanol–water partition coefficient (Wildman–Crippen LogP) is 2.11. The van der Waals surface area contributed by atoms with Crippen molar-refractivity contribution in [3.63, 3.8) is 0 Å². The summed E-state index contributed by atoms with van der Waals surface area (Å²) in [6.45, 7) is 3.84. The van der Waals surface area contributed by atoms with Gasteiger partial charge in [-0.25, -0.2) is 9.59 Å². The van der Waals surface area contributed by atoms with E-state index in [0.717, 1.165) is 9.80 Å². The van der Waals surface area contributed by atoms with E-state index in [1.165, 1.54) is 38.5 Å². The summed E-state index contributed by atoms with van der Waals surface area (Å²) in [5.74, 6) is -2.76. The van der Waals surface area contributed by atoms with E-state index in [1.807, 2.05) is 0 Å². The second kappa shape index (κ2) is 7.36. The molecule has 1 heterocycles. The van der Waals surface area contributed by atoms with Crippen LogP contribution in [0.2, 0.25) is 0 Å². The summed E-state index contributed by atoms with van der Waals surface area (Å²) >= 11 is 0. The SMILES string of the molecule is C=C1N(c2cccc(C(=O)OC)c2)C(=O)C(=O)N1c1cccc(C(=O)OC)c1. The molecule has 0 spiro atoms. The van der Waals surface area contributed by atoms with E-state index in [4.69, 9.17) is 0 Å². The van der Waals surface area contributed by atoms with Crippen LogP contribution >= 0.6 is 0 Å². The first-order valence-corrected chi connectivity index (χ1v) is 8.13. The Kier molecular flexibility index (Phi) is 4.95. The van der Waals surface area contributed by atoms with E-state index in [0.29, 0.717) is 0 Å². The lowest BCUT2D eigenvalue weighted by molar-refractivity contribution is -0.133. The third kappa shape index (κ3) is 3.11. The van der Waals surface area contributed by atoms with Gasteiger partial charge in [0.25, 0.3) is 0 Å². The maximum atomic E-state index is 12.6. The van der Waals surface area contributed by atoms with Gasteiger partial charge in [-0.15, -0.1) is 0 Å². The summed E-state index contributed by atoms with van der Waals surface area (Å²) in [6.07, 6.45) is 0. The van der Waals surface area contributed by atoms with Crippen LogP contribution in [0.25, 0.3) is 0 Å². The van der Waals surface area contributed by atoms with Gasteiger partial charge in [-0.1, -0.05) is 18.7 Å². The van der Waals surface area contributed by atoms with E-state index >= 15 is 0 Å². The highest BCUT2D eigenvalue weighted by molar-refractivity contribution is 6.50. The van der Waals surface area contributed by atoms with Crippen LogP contribution in [0, 0.1) is 0 Å². The number of carbonyl (C=O) groups excluding carboxylic acids is 4. The van der Waals surface area contributed by atoms with Gasteiger partial charge in [-0.3, -0.25) is 19.4 Å². The van der Waals surface area contributed by atoms with E-state index in [9.17, 15) is 19.2 Å². The molecule has 28 heavy (non-hydrogen) atoms. The highest BCUT2D eigenvalue weighted by atomic mass is 16.5. The fourth-order valence-electron chi connectivity index (χ4n) is 2.84. The number of amides is 2. The Morgan fingerprint density at radius 2 is 1.18 bits per heavy atom. The highest BCUT2D eigenvalue weighted by Gasteiger charge is 2.42. The van der Waals surface area contributed by atoms with Crippen molar-refractivity contribution in [1.82, 2.24) is 0 Å². The van der Waals surface area contributed by atoms with Crippen molar-refractivity contribution in [2.24, 2.45) is 0 Å². The van der Waals surface area contributed by atoms with Gasteiger partial charge < -0.3 is 9.47 Å². The molecule has 2 aromatic carbocycles. The molecular weight excluding hydrogens is 364 g/mol. The van der Waals surface area contributed by atoms with E-state index in [-0.39, 0.29) is 28.3 Å². The average molecular weight is 380 g/mol. The number of rotatable bonds is 4. The molecule has 0 aliphatic carbocycles. The molecule has 0 aromatic heterocycles. The third-order valence-electron chi connectivity index (χ3n) is 4.16. The normalized spacial score (nSPS) is 13.7. The quantitative estimate of drug-likeness (QED) is 0.596. The number of benzene rings is 2. The molecule has 0 atom stereocenters. The molecule has 1 aliphatic rings. The van der Waals surface area contributed by atoms with Gasteiger partial charge in [0.2, 0.25) is 0 Å². The van der Waals surface area contributed by atoms with Crippen molar-refractivity contribution in [1.29, 1.82) is 0 Å². The number of methoxy groups -OCH3 is 2. The Morgan fingerprint density at radius 3 is 1.54 bits per heavy atom. The number of hydrogen-bond donors (Lipinski definition) is 0. The van der Waals surface area contributed by atoms with Gasteiger partial charge in [0.1, 0.15) is 5.82 Å². The predicted molar refractivity (Wildman–Crippen MR) is 99.7 cm³/mol. The summed E-state index contributed by atoms with van der Waals surface area (Å²) in [5.41, 5.74) is 1.02. The Morgan fingerprint density at radius 1 is 0.786 bits per heavy atom. The third-order valence-corrected chi connectivity index (χ3v) is 4.16. The molecule has 1 fully saturated rings.